The summed E-state index contributed by atoms with van der Waals surface area (Å²) in [7, 11) is 0. The molecule has 0 saturated heterocycles. The van der Waals surface area contributed by atoms with Crippen LogP contribution in [-0.4, -0.2) is 23.3 Å². The van der Waals surface area contributed by atoms with Crippen molar-refractivity contribution in [2.45, 2.75) is 13.0 Å². The molecule has 3 N–H and O–H groups in total. The average Bonchev–Trinajstić information content (AvgIpc) is 2.64. The fourth-order valence-electron chi connectivity index (χ4n) is 2.49. The van der Waals surface area contributed by atoms with Gasteiger partial charge in [-0.1, -0.05) is 41.9 Å². The standard InChI is InChI=1S/C20H18ClN3O2/c1-13(23-18-8-6-14-4-2-3-5-15(14)11-18)20(26)24-22-12-16-10-17(21)7-9-19(16)25/h2-13,23,25H,1H3,(H,24,26)/b22-12+. The summed E-state index contributed by atoms with van der Waals surface area (Å²) in [5.41, 5.74) is 3.72. The molecule has 0 radical (unpaired) electrons. The molecule has 132 valence electrons. The number of hydrogen-bond donors (Lipinski definition) is 3. The summed E-state index contributed by atoms with van der Waals surface area (Å²) in [5.74, 6) is -0.259. The number of anilines is 1. The van der Waals surface area contributed by atoms with Crippen molar-refractivity contribution in [3.63, 3.8) is 0 Å². The van der Waals surface area contributed by atoms with Gasteiger partial charge in [-0.15, -0.1) is 0 Å². The van der Waals surface area contributed by atoms with E-state index >= 15 is 0 Å². The highest BCUT2D eigenvalue weighted by atomic mass is 35.5. The minimum absolute atomic E-state index is 0.0368. The Morgan fingerprint density at radius 2 is 1.88 bits per heavy atom. The largest absolute Gasteiger partial charge is 0.507 e. The molecule has 0 fully saturated rings. The molecule has 0 aliphatic carbocycles. The zero-order chi connectivity index (χ0) is 18.5. The topological polar surface area (TPSA) is 73.7 Å². The molecule has 3 rings (SSSR count). The van der Waals surface area contributed by atoms with Crippen molar-refractivity contribution in [1.82, 2.24) is 5.43 Å². The second-order valence-corrected chi connectivity index (χ2v) is 6.30. The van der Waals surface area contributed by atoms with Crippen molar-refractivity contribution < 1.29 is 9.90 Å². The molecule has 6 heteroatoms. The fraction of sp³-hybridized carbons (Fsp3) is 0.100. The van der Waals surface area contributed by atoms with Gasteiger partial charge in [-0.05, 0) is 48.0 Å². The number of amides is 1. The second kappa shape index (κ2) is 7.89. The number of rotatable bonds is 5. The SMILES string of the molecule is CC(Nc1ccc2ccccc2c1)C(=O)N/N=C/c1cc(Cl)ccc1O. The Morgan fingerprint density at radius 1 is 1.12 bits per heavy atom. The highest BCUT2D eigenvalue weighted by Crippen LogP contribution is 2.20. The van der Waals surface area contributed by atoms with Gasteiger partial charge in [0.1, 0.15) is 11.8 Å². The van der Waals surface area contributed by atoms with Gasteiger partial charge in [0.2, 0.25) is 0 Å². The number of hydrogen-bond acceptors (Lipinski definition) is 4. The number of carbonyl (C=O) groups excluding carboxylic acids is 1. The predicted molar refractivity (Wildman–Crippen MR) is 106 cm³/mol. The van der Waals surface area contributed by atoms with Crippen molar-refractivity contribution in [1.29, 1.82) is 0 Å². The molecule has 1 unspecified atom stereocenters. The molecule has 3 aromatic rings. The molecule has 1 amide bonds. The van der Waals surface area contributed by atoms with Gasteiger partial charge in [0.15, 0.2) is 0 Å². The first-order valence-corrected chi connectivity index (χ1v) is 8.47. The van der Waals surface area contributed by atoms with Crippen molar-refractivity contribution in [3.05, 3.63) is 71.2 Å². The lowest BCUT2D eigenvalue weighted by Gasteiger charge is -2.14. The van der Waals surface area contributed by atoms with Gasteiger partial charge >= 0.3 is 0 Å². The Balaban J connectivity index is 1.61. The maximum absolute atomic E-state index is 12.2. The van der Waals surface area contributed by atoms with Crippen molar-refractivity contribution >= 4 is 40.2 Å². The van der Waals surface area contributed by atoms with Gasteiger partial charge in [0.05, 0.1) is 6.21 Å². The number of hydrazone groups is 1. The summed E-state index contributed by atoms with van der Waals surface area (Å²) in [6, 6.07) is 18.1. The van der Waals surface area contributed by atoms with E-state index in [0.717, 1.165) is 16.5 Å². The third-order valence-electron chi connectivity index (χ3n) is 3.89. The molecular weight excluding hydrogens is 350 g/mol. The molecule has 0 bridgehead atoms. The summed E-state index contributed by atoms with van der Waals surface area (Å²) in [5, 5.41) is 19.4. The van der Waals surface area contributed by atoms with Crippen molar-refractivity contribution in [2.24, 2.45) is 5.10 Å². The number of halogens is 1. The monoisotopic (exact) mass is 367 g/mol. The summed E-state index contributed by atoms with van der Waals surface area (Å²) >= 11 is 5.87. The first-order valence-electron chi connectivity index (χ1n) is 8.10. The van der Waals surface area contributed by atoms with Crippen LogP contribution in [0.4, 0.5) is 5.69 Å². The Labute approximate surface area is 156 Å². The van der Waals surface area contributed by atoms with Crippen LogP contribution in [0.15, 0.2) is 65.8 Å². The Kier molecular flexibility index (Phi) is 5.39. The van der Waals surface area contributed by atoms with Crippen LogP contribution in [-0.2, 0) is 4.79 Å². The van der Waals surface area contributed by atoms with Crippen LogP contribution < -0.4 is 10.7 Å². The molecule has 26 heavy (non-hydrogen) atoms. The van der Waals surface area contributed by atoms with Crippen LogP contribution >= 0.6 is 11.6 Å². The molecule has 0 saturated carbocycles. The molecule has 0 aromatic heterocycles. The van der Waals surface area contributed by atoms with Crippen molar-refractivity contribution in [2.75, 3.05) is 5.32 Å². The molecule has 3 aromatic carbocycles. The molecule has 0 heterocycles. The fourth-order valence-corrected chi connectivity index (χ4v) is 2.67. The highest BCUT2D eigenvalue weighted by molar-refractivity contribution is 6.30. The van der Waals surface area contributed by atoms with E-state index in [4.69, 9.17) is 11.6 Å². The minimum Gasteiger partial charge on any atom is -0.507 e. The lowest BCUT2D eigenvalue weighted by molar-refractivity contribution is -0.121. The van der Waals surface area contributed by atoms with Gasteiger partial charge < -0.3 is 10.4 Å². The number of carbonyl (C=O) groups is 1. The zero-order valence-corrected chi connectivity index (χ0v) is 14.9. The van der Waals surface area contributed by atoms with Crippen LogP contribution in [0, 0.1) is 0 Å². The maximum Gasteiger partial charge on any atom is 0.262 e. The predicted octanol–water partition coefficient (Wildman–Crippen LogP) is 4.15. The number of nitrogens with zero attached hydrogens (tertiary/aromatic N) is 1. The number of benzene rings is 3. The smallest absolute Gasteiger partial charge is 0.262 e. The Bertz CT molecular complexity index is 972. The molecule has 0 aliphatic heterocycles. The first kappa shape index (κ1) is 17.8. The lowest BCUT2D eigenvalue weighted by atomic mass is 10.1. The van der Waals surface area contributed by atoms with Crippen LogP contribution in [0.1, 0.15) is 12.5 Å². The number of phenolic OH excluding ortho intramolecular Hbond substituents is 1. The Hall–Kier alpha value is -3.05. The number of phenols is 1. The second-order valence-electron chi connectivity index (χ2n) is 5.87. The van der Waals surface area contributed by atoms with Crippen LogP contribution in [0.3, 0.4) is 0 Å². The lowest BCUT2D eigenvalue weighted by Crippen LogP contribution is -2.34. The zero-order valence-electron chi connectivity index (χ0n) is 14.1. The van der Waals surface area contributed by atoms with Gasteiger partial charge in [-0.2, -0.15) is 5.10 Å². The van der Waals surface area contributed by atoms with E-state index in [1.165, 1.54) is 12.3 Å². The summed E-state index contributed by atoms with van der Waals surface area (Å²) in [6.07, 6.45) is 1.35. The molecule has 0 spiro atoms. The molecular formula is C20H18ClN3O2. The van der Waals surface area contributed by atoms with Crippen LogP contribution in [0.25, 0.3) is 10.8 Å². The van der Waals surface area contributed by atoms with E-state index in [9.17, 15) is 9.90 Å². The van der Waals surface area contributed by atoms with Gasteiger partial charge in [0.25, 0.3) is 5.91 Å². The summed E-state index contributed by atoms with van der Waals surface area (Å²) in [4.78, 5) is 12.2. The third-order valence-corrected chi connectivity index (χ3v) is 4.13. The van der Waals surface area contributed by atoms with E-state index in [1.54, 1.807) is 19.1 Å². The molecule has 0 aliphatic rings. The highest BCUT2D eigenvalue weighted by Gasteiger charge is 2.12. The van der Waals surface area contributed by atoms with Crippen LogP contribution in [0.2, 0.25) is 5.02 Å². The quantitative estimate of drug-likeness (QED) is 0.468. The number of aromatic hydroxyl groups is 1. The van der Waals surface area contributed by atoms with Crippen molar-refractivity contribution in [3.8, 4) is 5.75 Å². The van der Waals surface area contributed by atoms with Crippen LogP contribution in [0.5, 0.6) is 5.75 Å². The van der Waals surface area contributed by atoms with E-state index in [1.807, 2.05) is 42.5 Å². The number of fused-ring (bicyclic) bond motifs is 1. The van der Waals surface area contributed by atoms with E-state index in [0.29, 0.717) is 10.6 Å². The molecule has 5 nitrogen and oxygen atoms in total. The first-order chi connectivity index (χ1) is 12.5. The third kappa shape index (κ3) is 4.32. The van der Waals surface area contributed by atoms with E-state index in [-0.39, 0.29) is 11.7 Å². The minimum atomic E-state index is -0.485. The normalized spacial score (nSPS) is 12.2. The maximum atomic E-state index is 12.2. The average molecular weight is 368 g/mol. The number of nitrogens with one attached hydrogen (secondary N) is 2. The van der Waals surface area contributed by atoms with Gasteiger partial charge in [-0.3, -0.25) is 4.79 Å². The summed E-state index contributed by atoms with van der Waals surface area (Å²) in [6.45, 7) is 1.75. The Morgan fingerprint density at radius 3 is 2.69 bits per heavy atom. The van der Waals surface area contributed by atoms with E-state index in [2.05, 4.69) is 15.8 Å². The van der Waals surface area contributed by atoms with Gasteiger partial charge in [-0.25, -0.2) is 5.43 Å². The molecule has 1 atom stereocenters. The van der Waals surface area contributed by atoms with E-state index < -0.39 is 6.04 Å². The van der Waals surface area contributed by atoms with Gasteiger partial charge in [0, 0.05) is 16.3 Å². The summed E-state index contributed by atoms with van der Waals surface area (Å²) < 4.78 is 0.